The zero-order valence-corrected chi connectivity index (χ0v) is 56.2. The van der Waals surface area contributed by atoms with Crippen molar-refractivity contribution >= 4 is 15.8 Å². The summed E-state index contributed by atoms with van der Waals surface area (Å²) in [5.74, 6) is 0. The molecule has 0 radical (unpaired) electrons. The van der Waals surface area contributed by atoms with Crippen molar-refractivity contribution in [1.82, 2.24) is 0 Å². The van der Waals surface area contributed by atoms with Crippen LogP contribution in [0, 0.1) is 0 Å². The van der Waals surface area contributed by atoms with E-state index in [9.17, 15) is 0 Å². The molecule has 0 rings (SSSR count). The van der Waals surface area contributed by atoms with Crippen LogP contribution in [0.5, 0.6) is 0 Å². The summed E-state index contributed by atoms with van der Waals surface area (Å²) in [5, 5.41) is 0. The molecule has 0 aromatic carbocycles. The number of hydrogen-bond donors (Lipinski definition) is 2. The first-order valence-corrected chi connectivity index (χ1v) is 41.3. The van der Waals surface area contributed by atoms with Crippen molar-refractivity contribution in [2.75, 3.05) is 37.0 Å². The normalized spacial score (nSPS) is 11.7. The molecule has 0 aliphatic carbocycles. The van der Waals surface area contributed by atoms with E-state index in [1.807, 2.05) is 0 Å². The Hall–Kier alpha value is 1.29. The van der Waals surface area contributed by atoms with Crippen LogP contribution < -0.4 is 0 Å². The number of rotatable bonds is 62. The van der Waals surface area contributed by atoms with Gasteiger partial charge in [0.1, 0.15) is 0 Å². The number of hydrogen-bond acceptors (Lipinski definition) is 1. The summed E-state index contributed by atoms with van der Waals surface area (Å²) in [4.78, 5) is 0. The number of unbranched alkanes of at least 4 members (excludes halogenated alkanes) is 50. The first-order valence-electron chi connectivity index (χ1n) is 35.0. The minimum absolute atomic E-state index is 1.12. The fraction of sp³-hybridized carbons (Fsp3) is 1.00. The van der Waals surface area contributed by atoms with E-state index >= 15 is 0 Å². The van der Waals surface area contributed by atoms with Crippen molar-refractivity contribution in [2.45, 2.75) is 401 Å². The first kappa shape index (κ1) is 79.5. The maximum atomic E-state index is 8.81. The van der Waals surface area contributed by atoms with E-state index in [2.05, 4.69) is 41.5 Å². The van der Waals surface area contributed by atoms with Crippen molar-refractivity contribution in [3.8, 4) is 0 Å². The van der Waals surface area contributed by atoms with Gasteiger partial charge in [-0.25, -0.2) is 0 Å². The molecule has 0 aliphatic rings. The van der Waals surface area contributed by atoms with Crippen LogP contribution in [-0.2, 0) is 21.9 Å². The van der Waals surface area contributed by atoms with E-state index in [-0.39, 0.29) is 0 Å². The zero-order chi connectivity index (χ0) is 54.6. The van der Waals surface area contributed by atoms with Crippen LogP contribution in [-0.4, -0.2) is 44.3 Å². The monoisotopic (exact) mass is 1120 g/mol. The average molecular weight is 1120 g/mol. The molecule has 0 saturated carbocycles. The van der Waals surface area contributed by atoms with E-state index in [4.69, 9.17) is 10.7 Å². The molecule has 0 saturated heterocycles. The maximum absolute atomic E-state index is 8.81. The van der Waals surface area contributed by atoms with Gasteiger partial charge in [-0.3, -0.25) is 0 Å². The predicted molar refractivity (Wildman–Crippen MR) is 344 cm³/mol. The summed E-state index contributed by atoms with van der Waals surface area (Å²) < 4.78 is 23.2. The van der Waals surface area contributed by atoms with Gasteiger partial charge in [-0.2, -0.15) is 0 Å². The molecule has 0 heterocycles. The summed E-state index contributed by atoms with van der Waals surface area (Å²) in [6.45, 7) is 14.0. The summed E-state index contributed by atoms with van der Waals surface area (Å²) in [5.41, 5.74) is 0. The van der Waals surface area contributed by atoms with Gasteiger partial charge in [0.25, 0.3) is 0 Å². The molecule has 0 spiro atoms. The molecule has 0 unspecified atom stereocenters. The Balaban J connectivity index is -0.00000139. The van der Waals surface area contributed by atoms with Gasteiger partial charge in [0.2, 0.25) is 0 Å². The van der Waals surface area contributed by atoms with Gasteiger partial charge in [0, 0.05) is 0 Å². The van der Waals surface area contributed by atoms with Crippen LogP contribution in [0.15, 0.2) is 0 Å². The minimum atomic E-state index is -3.58. The van der Waals surface area contributed by atoms with Crippen LogP contribution in [0.2, 0.25) is 0 Å². The molecular formula is C68H146O3P2Ti. The van der Waals surface area contributed by atoms with E-state index in [1.165, 1.54) is 355 Å². The van der Waals surface area contributed by atoms with Crippen molar-refractivity contribution in [1.29, 1.82) is 0 Å². The van der Waals surface area contributed by atoms with E-state index in [1.54, 1.807) is 50.3 Å². The molecular weight excluding hydrogens is 975 g/mol. The van der Waals surface area contributed by atoms with Crippen LogP contribution in [0.4, 0.5) is 0 Å². The Labute approximate surface area is 480 Å². The molecule has 0 aromatic heterocycles. The fourth-order valence-electron chi connectivity index (χ4n) is 11.6. The van der Waals surface area contributed by atoms with Crippen LogP contribution in [0.25, 0.3) is 0 Å². The van der Waals surface area contributed by atoms with E-state index < -0.39 is 25.9 Å². The summed E-state index contributed by atoms with van der Waals surface area (Å²) >= 11 is -3.58. The quantitative estimate of drug-likeness (QED) is 0.0362. The van der Waals surface area contributed by atoms with Gasteiger partial charge < -0.3 is 0 Å². The van der Waals surface area contributed by atoms with Gasteiger partial charge in [0.15, 0.2) is 0 Å². The predicted octanol–water partition coefficient (Wildman–Crippen LogP) is 25.1. The molecule has 0 atom stereocenters. The molecule has 3 nitrogen and oxygen atoms in total. The average Bonchev–Trinajstić information content (AvgIpc) is 3.39. The third-order valence-electron chi connectivity index (χ3n) is 16.7. The summed E-state index contributed by atoms with van der Waals surface area (Å²) in [6, 6.07) is 0. The van der Waals surface area contributed by atoms with Crippen LogP contribution in [0.3, 0.4) is 0 Å². The second-order valence-electron chi connectivity index (χ2n) is 24.2. The van der Waals surface area contributed by atoms with Crippen LogP contribution in [0.1, 0.15) is 401 Å². The van der Waals surface area contributed by atoms with Crippen molar-refractivity contribution < 1.29 is 29.3 Å². The van der Waals surface area contributed by atoms with Crippen molar-refractivity contribution in [3.63, 3.8) is 0 Å². The second kappa shape index (κ2) is 74.3. The third-order valence-corrected chi connectivity index (χ3v) is 23.7. The summed E-state index contributed by atoms with van der Waals surface area (Å²) in [6.07, 6.45) is 93.0. The second-order valence-corrected chi connectivity index (χ2v) is 31.6. The Kier molecular flexibility index (Phi) is 79.8. The Morgan fingerprint density at radius 3 is 0.500 bits per heavy atom. The molecule has 450 valence electrons. The molecule has 0 amide bonds. The Bertz CT molecular complexity index is 895. The van der Waals surface area contributed by atoms with E-state index in [0.29, 0.717) is 0 Å². The van der Waals surface area contributed by atoms with Crippen molar-refractivity contribution in [3.05, 3.63) is 0 Å². The Morgan fingerprint density at radius 2 is 0.351 bits per heavy atom. The first-order chi connectivity index (χ1) is 36.4. The molecule has 6 heteroatoms. The Morgan fingerprint density at radius 1 is 0.230 bits per heavy atom. The molecule has 0 bridgehead atoms. The molecule has 2 N–H and O–H groups in total. The van der Waals surface area contributed by atoms with Gasteiger partial charge in [0.05, 0.1) is 0 Å². The molecule has 0 aliphatic heterocycles. The zero-order valence-electron chi connectivity index (χ0n) is 52.6. The molecule has 74 heavy (non-hydrogen) atoms. The summed E-state index contributed by atoms with van der Waals surface area (Å²) in [7, 11) is 0.135. The topological polar surface area (TPSA) is 57.5 Å². The molecule has 0 fully saturated rings. The SMILES string of the molecule is CCCCCCCCCCCCCPCCCCCCCCCCCCC.CCCCCCCCCCCCC[PH](CCCCCCCC)(CCCCCCCC)CCCCCCCCCCCCC.[O]=[Ti]([OH])[OH]. The van der Waals surface area contributed by atoms with Gasteiger partial charge >= 0.3 is 293 Å². The van der Waals surface area contributed by atoms with Crippen molar-refractivity contribution in [2.24, 2.45) is 0 Å². The van der Waals surface area contributed by atoms with Gasteiger partial charge in [-0.05, 0) is 25.2 Å². The standard InChI is InChI=1S/C42H89P.C26H55P.2H2O.O.Ti/c1-5-9-13-17-21-23-25-27-29-33-37-41-43(39-35-31-19-15-11-7-3,40-36-32-20-16-12-8-4)42-38-34-30-28-26-24-22-18-14-10-6-2;1-3-5-7-9-11-13-15-17-19-21-23-25-27-26-24-22-20-18-16-14-12-10-8-6-4-2;;;;/h43H,5-42H2,1-4H3;27H,3-26H2,1-2H3;2*1H2;;/q;;;;;+2/p-2. The van der Waals surface area contributed by atoms with Crippen LogP contribution >= 0.6 is 15.8 Å². The van der Waals surface area contributed by atoms with Gasteiger partial charge in [-0.15, -0.1) is 8.58 Å². The molecule has 0 aromatic rings. The van der Waals surface area contributed by atoms with Gasteiger partial charge in [-0.1, -0.05) is 156 Å². The fourth-order valence-corrected chi connectivity index (χ4v) is 18.3. The third kappa shape index (κ3) is 75.4. The van der Waals surface area contributed by atoms with E-state index in [0.717, 1.165) is 0 Å².